The van der Waals surface area contributed by atoms with Gasteiger partial charge < -0.3 is 24.6 Å². The number of carbonyl (C=O) groups excluding carboxylic acids is 2. The molecule has 1 N–H and O–H groups in total. The minimum absolute atomic E-state index is 0.0984. The van der Waals surface area contributed by atoms with Gasteiger partial charge in [0.1, 0.15) is 24.7 Å². The van der Waals surface area contributed by atoms with Crippen LogP contribution in [0.25, 0.3) is 0 Å². The lowest BCUT2D eigenvalue weighted by Gasteiger charge is -2.37. The van der Waals surface area contributed by atoms with Gasteiger partial charge in [0.05, 0.1) is 12.1 Å². The number of anilines is 1. The third-order valence-electron chi connectivity index (χ3n) is 6.77. The topological polar surface area (TPSA) is 71.1 Å². The second kappa shape index (κ2) is 12.1. The van der Waals surface area contributed by atoms with Crippen molar-refractivity contribution in [2.45, 2.75) is 31.4 Å². The van der Waals surface area contributed by atoms with Crippen LogP contribution in [-0.2, 0) is 16.0 Å². The Balaban J connectivity index is 1.32. The van der Waals surface area contributed by atoms with E-state index in [-0.39, 0.29) is 43.1 Å². The number of rotatable bonds is 8. The highest BCUT2D eigenvalue weighted by Gasteiger charge is 2.34. The first-order chi connectivity index (χ1) is 18.5. The summed E-state index contributed by atoms with van der Waals surface area (Å²) in [5.41, 5.74) is 1.60. The molecule has 1 saturated heterocycles. The average Bonchev–Trinajstić information content (AvgIpc) is 3.60. The van der Waals surface area contributed by atoms with Crippen LogP contribution in [0.4, 0.5) is 14.9 Å². The van der Waals surface area contributed by atoms with Crippen molar-refractivity contribution in [3.8, 4) is 5.75 Å². The monoisotopic (exact) mass is 557 g/mol. The first-order valence-corrected chi connectivity index (χ1v) is 13.9. The molecule has 3 amide bonds. The molecule has 0 spiro atoms. The lowest BCUT2D eigenvalue weighted by Crippen LogP contribution is -2.50. The van der Waals surface area contributed by atoms with Crippen molar-refractivity contribution in [1.82, 2.24) is 9.80 Å². The Bertz CT molecular complexity index is 1260. The van der Waals surface area contributed by atoms with Gasteiger partial charge in [0.25, 0.3) is 0 Å². The number of benzene rings is 2. The van der Waals surface area contributed by atoms with Crippen LogP contribution in [0.1, 0.15) is 29.3 Å². The van der Waals surface area contributed by atoms with Crippen LogP contribution in [0.15, 0.2) is 60.0 Å². The zero-order valence-electron chi connectivity index (χ0n) is 20.8. The van der Waals surface area contributed by atoms with Crippen LogP contribution >= 0.6 is 22.9 Å². The summed E-state index contributed by atoms with van der Waals surface area (Å²) in [5.74, 6) is 0.0187. The Morgan fingerprint density at radius 2 is 2.05 bits per heavy atom. The molecule has 2 aliphatic rings. The number of hydrogen-bond acceptors (Lipinski definition) is 5. The summed E-state index contributed by atoms with van der Waals surface area (Å²) in [6.45, 7) is 1.61. The van der Waals surface area contributed by atoms with Crippen LogP contribution in [0.5, 0.6) is 5.75 Å². The van der Waals surface area contributed by atoms with Gasteiger partial charge in [-0.25, -0.2) is 9.18 Å². The van der Waals surface area contributed by atoms with E-state index in [1.54, 1.807) is 52.6 Å². The normalized spacial score (nSPS) is 18.6. The maximum absolute atomic E-state index is 13.7. The molecule has 7 nitrogen and oxygen atoms in total. The second-order valence-corrected chi connectivity index (χ2v) is 10.8. The second-order valence-electron chi connectivity index (χ2n) is 9.37. The van der Waals surface area contributed by atoms with Crippen molar-refractivity contribution in [3.05, 3.63) is 81.3 Å². The Hall–Kier alpha value is -3.14. The Labute approximate surface area is 230 Å². The fraction of sp³-hybridized carbons (Fsp3) is 0.357. The van der Waals surface area contributed by atoms with E-state index in [0.717, 1.165) is 24.8 Å². The van der Waals surface area contributed by atoms with E-state index >= 15 is 0 Å². The number of halogens is 2. The van der Waals surface area contributed by atoms with E-state index in [9.17, 15) is 14.0 Å². The summed E-state index contributed by atoms with van der Waals surface area (Å²) in [7, 11) is 0. The third kappa shape index (κ3) is 6.46. The highest BCUT2D eigenvalue weighted by molar-refractivity contribution is 7.10. The molecule has 3 aromatic rings. The Morgan fingerprint density at radius 3 is 2.82 bits per heavy atom. The number of nitrogens with zero attached hydrogens (tertiary/aromatic N) is 2. The molecule has 10 heteroatoms. The van der Waals surface area contributed by atoms with E-state index in [1.807, 2.05) is 11.4 Å². The zero-order valence-corrected chi connectivity index (χ0v) is 22.3. The molecule has 0 saturated carbocycles. The van der Waals surface area contributed by atoms with Crippen molar-refractivity contribution >= 4 is 40.6 Å². The molecule has 2 aromatic carbocycles. The summed E-state index contributed by atoms with van der Waals surface area (Å²) >= 11 is 7.75. The molecule has 5 rings (SSSR count). The first kappa shape index (κ1) is 26.5. The predicted octanol–water partition coefficient (Wildman–Crippen LogP) is 5.76. The maximum atomic E-state index is 13.7. The third-order valence-corrected chi connectivity index (χ3v) is 8.01. The van der Waals surface area contributed by atoms with E-state index in [2.05, 4.69) is 5.32 Å². The van der Waals surface area contributed by atoms with Gasteiger partial charge in [-0.05, 0) is 78.7 Å². The van der Waals surface area contributed by atoms with Crippen LogP contribution in [-0.4, -0.2) is 60.7 Å². The van der Waals surface area contributed by atoms with Gasteiger partial charge in [0.15, 0.2) is 0 Å². The summed E-state index contributed by atoms with van der Waals surface area (Å²) in [6.07, 6.45) is 2.39. The van der Waals surface area contributed by atoms with E-state index in [4.69, 9.17) is 21.1 Å². The number of fused-ring (bicyclic) bond motifs is 1. The molecule has 3 heterocycles. The average molecular weight is 558 g/mol. The van der Waals surface area contributed by atoms with Gasteiger partial charge >= 0.3 is 6.03 Å². The highest BCUT2D eigenvalue weighted by atomic mass is 35.5. The molecule has 0 aliphatic carbocycles. The molecule has 0 radical (unpaired) electrons. The number of amides is 3. The van der Waals surface area contributed by atoms with Gasteiger partial charge in [0, 0.05) is 35.3 Å². The summed E-state index contributed by atoms with van der Waals surface area (Å²) < 4.78 is 25.1. The van der Waals surface area contributed by atoms with Gasteiger partial charge in [-0.1, -0.05) is 17.7 Å². The SMILES string of the molecule is O=C(Nc1cccc(Cl)c1)N(CC(=O)N1CCc2sccc2[C@@H]1COc1ccc(F)cc1)C[C@@H]1CCCO1. The zero-order chi connectivity index (χ0) is 26.5. The molecule has 2 atom stereocenters. The molecule has 1 aromatic heterocycles. The van der Waals surface area contributed by atoms with Gasteiger partial charge in [-0.15, -0.1) is 11.3 Å². The molecular weight excluding hydrogens is 529 g/mol. The molecule has 1 fully saturated rings. The predicted molar refractivity (Wildman–Crippen MR) is 145 cm³/mol. The van der Waals surface area contributed by atoms with Crippen LogP contribution < -0.4 is 10.1 Å². The molecule has 38 heavy (non-hydrogen) atoms. The van der Waals surface area contributed by atoms with Crippen LogP contribution in [0.3, 0.4) is 0 Å². The van der Waals surface area contributed by atoms with Crippen molar-refractivity contribution in [2.24, 2.45) is 0 Å². The van der Waals surface area contributed by atoms with E-state index in [1.165, 1.54) is 21.9 Å². The number of hydrogen-bond donors (Lipinski definition) is 1. The minimum atomic E-state index is -0.386. The van der Waals surface area contributed by atoms with Crippen molar-refractivity contribution in [3.63, 3.8) is 0 Å². The molecule has 0 bridgehead atoms. The van der Waals surface area contributed by atoms with Crippen molar-refractivity contribution < 1.29 is 23.5 Å². The molecule has 2 aliphatic heterocycles. The van der Waals surface area contributed by atoms with E-state index in [0.29, 0.717) is 36.2 Å². The largest absolute Gasteiger partial charge is 0.491 e. The summed E-state index contributed by atoms with van der Waals surface area (Å²) in [4.78, 5) is 31.5. The van der Waals surface area contributed by atoms with Gasteiger partial charge in [-0.2, -0.15) is 0 Å². The molecular formula is C28H29ClFN3O4S. The van der Waals surface area contributed by atoms with Gasteiger partial charge in [-0.3, -0.25) is 4.79 Å². The van der Waals surface area contributed by atoms with Crippen LogP contribution in [0.2, 0.25) is 5.02 Å². The molecule has 0 unspecified atom stereocenters. The number of urea groups is 1. The first-order valence-electron chi connectivity index (χ1n) is 12.6. The fourth-order valence-electron chi connectivity index (χ4n) is 4.86. The number of thiophene rings is 1. The summed E-state index contributed by atoms with van der Waals surface area (Å²) in [6, 6.07) is 14.1. The lowest BCUT2D eigenvalue weighted by atomic mass is 10.0. The maximum Gasteiger partial charge on any atom is 0.322 e. The Kier molecular flexibility index (Phi) is 8.46. The molecule has 200 valence electrons. The quantitative estimate of drug-likeness (QED) is 0.382. The highest BCUT2D eigenvalue weighted by Crippen LogP contribution is 2.34. The standard InChI is InChI=1S/C28H29ClFN3O4S/c29-19-3-1-4-21(15-19)31-28(35)32(16-23-5-2-13-36-23)17-27(34)33-12-10-26-24(11-14-38-26)25(33)18-37-22-8-6-20(30)7-9-22/h1,3-4,6-9,11,14-15,23,25H,2,5,10,12-13,16-18H2,(H,31,35)/t23-,25-/m0/s1. The van der Waals surface area contributed by atoms with Crippen LogP contribution in [0, 0.1) is 5.82 Å². The Morgan fingerprint density at radius 1 is 1.21 bits per heavy atom. The van der Waals surface area contributed by atoms with Crippen molar-refractivity contribution in [2.75, 3.05) is 38.2 Å². The number of carbonyl (C=O) groups is 2. The fourth-order valence-corrected chi connectivity index (χ4v) is 5.98. The van der Waals surface area contributed by atoms with Crippen molar-refractivity contribution in [1.29, 1.82) is 0 Å². The van der Waals surface area contributed by atoms with E-state index < -0.39 is 0 Å². The number of ether oxygens (including phenoxy) is 2. The summed E-state index contributed by atoms with van der Waals surface area (Å²) in [5, 5.41) is 5.39. The lowest BCUT2D eigenvalue weighted by molar-refractivity contribution is -0.135. The minimum Gasteiger partial charge on any atom is -0.491 e. The number of nitrogens with one attached hydrogen (secondary N) is 1. The van der Waals surface area contributed by atoms with Gasteiger partial charge in [0.2, 0.25) is 5.91 Å². The smallest absolute Gasteiger partial charge is 0.322 e.